The SMILES string of the molecule is CCc1nc(Cl)c(C)c(N2CCN(CC)C(C)C2)n1. The van der Waals surface area contributed by atoms with Crippen molar-refractivity contribution in [1.82, 2.24) is 14.9 Å². The molecule has 1 atom stereocenters. The van der Waals surface area contributed by atoms with E-state index in [0.717, 1.165) is 49.8 Å². The van der Waals surface area contributed by atoms with E-state index >= 15 is 0 Å². The second kappa shape index (κ2) is 6.06. The number of nitrogens with zero attached hydrogens (tertiary/aromatic N) is 4. The lowest BCUT2D eigenvalue weighted by atomic mass is 10.1. The van der Waals surface area contributed by atoms with Crippen LogP contribution in [-0.2, 0) is 6.42 Å². The summed E-state index contributed by atoms with van der Waals surface area (Å²) in [7, 11) is 0. The summed E-state index contributed by atoms with van der Waals surface area (Å²) >= 11 is 6.22. The Labute approximate surface area is 120 Å². The molecule has 5 heteroatoms. The predicted molar refractivity (Wildman–Crippen MR) is 80.1 cm³/mol. The van der Waals surface area contributed by atoms with Gasteiger partial charge in [0.1, 0.15) is 16.8 Å². The fourth-order valence-electron chi connectivity index (χ4n) is 2.64. The molecule has 0 aliphatic carbocycles. The van der Waals surface area contributed by atoms with E-state index in [1.807, 2.05) is 6.92 Å². The summed E-state index contributed by atoms with van der Waals surface area (Å²) in [5.74, 6) is 1.84. The average molecular weight is 283 g/mol. The van der Waals surface area contributed by atoms with Crippen molar-refractivity contribution < 1.29 is 0 Å². The lowest BCUT2D eigenvalue weighted by molar-refractivity contribution is 0.199. The van der Waals surface area contributed by atoms with Gasteiger partial charge in [-0.3, -0.25) is 4.90 Å². The Balaban J connectivity index is 2.25. The van der Waals surface area contributed by atoms with Crippen LogP contribution >= 0.6 is 11.6 Å². The van der Waals surface area contributed by atoms with Gasteiger partial charge in [0.2, 0.25) is 0 Å². The maximum Gasteiger partial charge on any atom is 0.137 e. The van der Waals surface area contributed by atoms with Crippen molar-refractivity contribution in [3.8, 4) is 0 Å². The van der Waals surface area contributed by atoms with Crippen molar-refractivity contribution in [3.05, 3.63) is 16.5 Å². The van der Waals surface area contributed by atoms with Gasteiger partial charge in [0, 0.05) is 37.7 Å². The van der Waals surface area contributed by atoms with Gasteiger partial charge in [-0.2, -0.15) is 0 Å². The highest BCUT2D eigenvalue weighted by Crippen LogP contribution is 2.25. The van der Waals surface area contributed by atoms with Crippen molar-refractivity contribution in [2.75, 3.05) is 31.1 Å². The fraction of sp³-hybridized carbons (Fsp3) is 0.714. The molecule has 0 saturated carbocycles. The molecule has 1 saturated heterocycles. The van der Waals surface area contributed by atoms with E-state index in [4.69, 9.17) is 11.6 Å². The van der Waals surface area contributed by atoms with Gasteiger partial charge in [0.05, 0.1) is 0 Å². The van der Waals surface area contributed by atoms with Crippen LogP contribution in [0.1, 0.15) is 32.2 Å². The maximum atomic E-state index is 6.22. The minimum Gasteiger partial charge on any atom is -0.353 e. The Morgan fingerprint density at radius 3 is 2.58 bits per heavy atom. The van der Waals surface area contributed by atoms with Crippen LogP contribution in [0.5, 0.6) is 0 Å². The monoisotopic (exact) mass is 282 g/mol. The van der Waals surface area contributed by atoms with Gasteiger partial charge in [-0.05, 0) is 20.4 Å². The number of hydrogen-bond donors (Lipinski definition) is 0. The van der Waals surface area contributed by atoms with Gasteiger partial charge in [0.15, 0.2) is 0 Å². The van der Waals surface area contributed by atoms with Gasteiger partial charge in [0.25, 0.3) is 0 Å². The third-order valence-electron chi connectivity index (χ3n) is 3.89. The number of hydrogen-bond acceptors (Lipinski definition) is 4. The Hall–Kier alpha value is -0.870. The van der Waals surface area contributed by atoms with Crippen LogP contribution in [-0.4, -0.2) is 47.1 Å². The highest BCUT2D eigenvalue weighted by Gasteiger charge is 2.25. The first-order chi connectivity index (χ1) is 9.06. The number of aryl methyl sites for hydroxylation is 1. The predicted octanol–water partition coefficient (Wildman–Crippen LogP) is 2.53. The van der Waals surface area contributed by atoms with E-state index in [9.17, 15) is 0 Å². The van der Waals surface area contributed by atoms with Crippen molar-refractivity contribution in [2.24, 2.45) is 0 Å². The summed E-state index contributed by atoms with van der Waals surface area (Å²) in [5.41, 5.74) is 0.996. The number of anilines is 1. The van der Waals surface area contributed by atoms with Gasteiger partial charge >= 0.3 is 0 Å². The molecule has 2 rings (SSSR count). The third-order valence-corrected chi connectivity index (χ3v) is 4.26. The molecule has 1 aliphatic rings. The van der Waals surface area contributed by atoms with Gasteiger partial charge in [-0.1, -0.05) is 25.4 Å². The van der Waals surface area contributed by atoms with Gasteiger partial charge in [-0.25, -0.2) is 9.97 Å². The molecule has 1 aromatic heterocycles. The van der Waals surface area contributed by atoms with Crippen molar-refractivity contribution >= 4 is 17.4 Å². The molecule has 0 amide bonds. The van der Waals surface area contributed by atoms with Gasteiger partial charge < -0.3 is 4.90 Å². The van der Waals surface area contributed by atoms with Crippen LogP contribution < -0.4 is 4.90 Å². The molecule has 0 bridgehead atoms. The quantitative estimate of drug-likeness (QED) is 0.798. The minimum atomic E-state index is 0.553. The summed E-state index contributed by atoms with van der Waals surface area (Å²) in [6.07, 6.45) is 0.817. The second-order valence-electron chi connectivity index (χ2n) is 5.16. The molecular weight excluding hydrogens is 260 g/mol. The molecular formula is C14H23ClN4. The van der Waals surface area contributed by atoms with E-state index in [1.54, 1.807) is 0 Å². The molecule has 4 nitrogen and oxygen atoms in total. The zero-order valence-electron chi connectivity index (χ0n) is 12.3. The Bertz CT molecular complexity index is 449. The van der Waals surface area contributed by atoms with E-state index in [1.165, 1.54) is 0 Å². The van der Waals surface area contributed by atoms with Crippen LogP contribution in [0.3, 0.4) is 0 Å². The zero-order chi connectivity index (χ0) is 14.0. The van der Waals surface area contributed by atoms with Crippen LogP contribution in [0.4, 0.5) is 5.82 Å². The third kappa shape index (κ3) is 3.00. The molecule has 19 heavy (non-hydrogen) atoms. The molecule has 1 aromatic rings. The van der Waals surface area contributed by atoms with E-state index in [0.29, 0.717) is 11.2 Å². The lowest BCUT2D eigenvalue weighted by Gasteiger charge is -2.40. The average Bonchev–Trinajstić information content (AvgIpc) is 2.41. The molecule has 1 unspecified atom stereocenters. The Kier molecular flexibility index (Phi) is 4.63. The van der Waals surface area contributed by atoms with Crippen molar-refractivity contribution in [2.45, 2.75) is 40.2 Å². The van der Waals surface area contributed by atoms with Crippen LogP contribution in [0, 0.1) is 6.92 Å². The zero-order valence-corrected chi connectivity index (χ0v) is 13.0. The lowest BCUT2D eigenvalue weighted by Crippen LogP contribution is -2.52. The first-order valence-corrected chi connectivity index (χ1v) is 7.46. The van der Waals surface area contributed by atoms with E-state index in [-0.39, 0.29) is 0 Å². The molecule has 0 spiro atoms. The standard InChI is InChI=1S/C14H23ClN4/c1-5-12-16-13(15)11(4)14(17-12)19-8-7-18(6-2)10(3)9-19/h10H,5-9H2,1-4H3. The molecule has 0 N–H and O–H groups in total. The van der Waals surface area contributed by atoms with Gasteiger partial charge in [-0.15, -0.1) is 0 Å². The topological polar surface area (TPSA) is 32.3 Å². The number of aromatic nitrogens is 2. The number of halogens is 1. The summed E-state index contributed by atoms with van der Waals surface area (Å²) in [6, 6.07) is 0.553. The first-order valence-electron chi connectivity index (χ1n) is 7.08. The first kappa shape index (κ1) is 14.5. The summed E-state index contributed by atoms with van der Waals surface area (Å²) in [5, 5.41) is 0.590. The number of likely N-dealkylation sites (N-methyl/N-ethyl adjacent to an activating group) is 1. The smallest absolute Gasteiger partial charge is 0.137 e. The molecule has 106 valence electrons. The Morgan fingerprint density at radius 2 is 2.00 bits per heavy atom. The minimum absolute atomic E-state index is 0.553. The molecule has 1 aliphatic heterocycles. The maximum absolute atomic E-state index is 6.22. The van der Waals surface area contributed by atoms with Crippen LogP contribution in [0.15, 0.2) is 0 Å². The fourth-order valence-corrected chi connectivity index (χ4v) is 2.83. The number of piperazine rings is 1. The van der Waals surface area contributed by atoms with Crippen molar-refractivity contribution in [1.29, 1.82) is 0 Å². The molecule has 0 aromatic carbocycles. The summed E-state index contributed by atoms with van der Waals surface area (Å²) < 4.78 is 0. The van der Waals surface area contributed by atoms with E-state index in [2.05, 4.69) is 40.5 Å². The normalized spacial score (nSPS) is 20.9. The molecule has 0 radical (unpaired) electrons. The molecule has 1 fully saturated rings. The Morgan fingerprint density at radius 1 is 1.26 bits per heavy atom. The van der Waals surface area contributed by atoms with E-state index < -0.39 is 0 Å². The second-order valence-corrected chi connectivity index (χ2v) is 5.51. The largest absolute Gasteiger partial charge is 0.353 e. The summed E-state index contributed by atoms with van der Waals surface area (Å²) in [6.45, 7) is 12.8. The molecule has 2 heterocycles. The highest BCUT2D eigenvalue weighted by atomic mass is 35.5. The highest BCUT2D eigenvalue weighted by molar-refractivity contribution is 6.30. The summed E-state index contributed by atoms with van der Waals surface area (Å²) in [4.78, 5) is 13.8. The van der Waals surface area contributed by atoms with Crippen LogP contribution in [0.2, 0.25) is 5.15 Å². The number of rotatable bonds is 3. The van der Waals surface area contributed by atoms with Crippen molar-refractivity contribution in [3.63, 3.8) is 0 Å². The van der Waals surface area contributed by atoms with Crippen LogP contribution in [0.25, 0.3) is 0 Å².